The monoisotopic (exact) mass is 956 g/mol. The van der Waals surface area contributed by atoms with Crippen molar-refractivity contribution >= 4 is 28.0 Å². The summed E-state index contributed by atoms with van der Waals surface area (Å²) in [5, 5.41) is 0. The molecule has 0 atom stereocenters. The van der Waals surface area contributed by atoms with Gasteiger partial charge in [0.15, 0.2) is 82.5 Å². The highest BCUT2D eigenvalue weighted by Gasteiger charge is 2.52. The second kappa shape index (κ2) is 18.4. The molecule has 1 aromatic heterocycles. The summed E-state index contributed by atoms with van der Waals surface area (Å²) in [5.74, 6) is -70.0. The number of hydrogen-bond donors (Lipinski definition) is 0. The lowest BCUT2D eigenvalue weighted by Crippen LogP contribution is -2.81. The standard InChI is InChI=1S/C24BF20.C18H17N2O/c26-5-1(6(27)14(35)21(42)13(5)34)25(2-7(28)15(36)22(43)16(37)8(2)29,3-9(30)17(38)23(44)18(39)10(3)31)4-11(32)19(40)24(45)20(41)12(4)33;1-15-6-5-9-17(12-15)21-18-14-20(11-10-19-18)13-16-7-3-2-4-8-16/h;2-12,14H,13H2,1H3/q-1;+1. The predicted octanol–water partition coefficient (Wildman–Crippen LogP) is 9.36. The molecule has 0 amide bonds. The van der Waals surface area contributed by atoms with Crippen LogP contribution in [0.3, 0.4) is 0 Å². The summed E-state index contributed by atoms with van der Waals surface area (Å²) in [4.78, 5) is 4.26. The van der Waals surface area contributed by atoms with Crippen LogP contribution in [0.2, 0.25) is 0 Å². The average Bonchev–Trinajstić information content (AvgIpc) is 3.29. The van der Waals surface area contributed by atoms with Crippen LogP contribution in [-0.4, -0.2) is 11.1 Å². The van der Waals surface area contributed by atoms with E-state index in [0.717, 1.165) is 12.3 Å². The molecular formula is C42H17BF20N2O. The zero-order chi connectivity index (χ0) is 48.8. The van der Waals surface area contributed by atoms with E-state index in [4.69, 9.17) is 4.74 Å². The highest BCUT2D eigenvalue weighted by atomic mass is 19.2. The van der Waals surface area contributed by atoms with Crippen LogP contribution in [0.4, 0.5) is 87.8 Å². The van der Waals surface area contributed by atoms with Gasteiger partial charge in [0.25, 0.3) is 5.88 Å². The first-order valence-electron chi connectivity index (χ1n) is 17.9. The quantitative estimate of drug-likeness (QED) is 0.0500. The summed E-state index contributed by atoms with van der Waals surface area (Å²) in [5.41, 5.74) is -11.9. The van der Waals surface area contributed by atoms with E-state index < -0.39 is 144 Å². The number of halogens is 20. The molecule has 0 saturated heterocycles. The van der Waals surface area contributed by atoms with Crippen LogP contribution in [0.5, 0.6) is 11.6 Å². The number of rotatable bonds is 8. The molecule has 0 aliphatic carbocycles. The molecule has 7 aromatic rings. The van der Waals surface area contributed by atoms with Gasteiger partial charge in [-0.3, -0.25) is 0 Å². The number of aryl methyl sites for hydroxylation is 1. The zero-order valence-corrected chi connectivity index (χ0v) is 32.1. The van der Waals surface area contributed by atoms with Crippen LogP contribution >= 0.6 is 0 Å². The Kier molecular flexibility index (Phi) is 13.5. The van der Waals surface area contributed by atoms with Crippen LogP contribution < -0.4 is 31.2 Å². The summed E-state index contributed by atoms with van der Waals surface area (Å²) in [6, 6.07) is 18.3. The molecule has 0 radical (unpaired) electrons. The minimum absolute atomic E-state index is 0.596. The normalized spacial score (nSPS) is 11.5. The third-order valence-corrected chi connectivity index (χ3v) is 9.86. The molecule has 0 saturated carbocycles. The Hall–Kier alpha value is -7.14. The summed E-state index contributed by atoms with van der Waals surface area (Å²) in [6.45, 7) is 2.84. The molecule has 0 unspecified atom stereocenters. The Morgan fingerprint density at radius 1 is 0.424 bits per heavy atom. The van der Waals surface area contributed by atoms with Crippen LogP contribution in [0.25, 0.3) is 0 Å². The Morgan fingerprint density at radius 2 is 0.758 bits per heavy atom. The topological polar surface area (TPSA) is 26.0 Å². The van der Waals surface area contributed by atoms with E-state index in [0.29, 0.717) is 5.88 Å². The maximum Gasteiger partial charge on any atom is 0.285 e. The van der Waals surface area contributed by atoms with Crippen molar-refractivity contribution in [2.24, 2.45) is 0 Å². The third-order valence-electron chi connectivity index (χ3n) is 9.86. The maximum absolute atomic E-state index is 15.4. The fourth-order valence-electron chi connectivity index (χ4n) is 7.03. The van der Waals surface area contributed by atoms with E-state index in [2.05, 4.69) is 21.7 Å². The number of ether oxygens (including phenoxy) is 1. The van der Waals surface area contributed by atoms with Crippen molar-refractivity contribution in [1.29, 1.82) is 0 Å². The number of benzene rings is 6. The van der Waals surface area contributed by atoms with Crippen molar-refractivity contribution in [1.82, 2.24) is 4.98 Å². The fraction of sp³-hybridized carbons (Fsp3) is 0.0476. The van der Waals surface area contributed by atoms with E-state index in [1.165, 1.54) is 11.1 Å². The molecule has 6 aromatic carbocycles. The second-order valence-corrected chi connectivity index (χ2v) is 13.8. The Morgan fingerprint density at radius 3 is 1.09 bits per heavy atom. The Labute approximate surface area is 355 Å². The van der Waals surface area contributed by atoms with E-state index >= 15 is 35.1 Å². The fourth-order valence-corrected chi connectivity index (χ4v) is 7.03. The van der Waals surface area contributed by atoms with Crippen molar-refractivity contribution in [2.75, 3.05) is 0 Å². The van der Waals surface area contributed by atoms with Gasteiger partial charge < -0.3 is 4.74 Å². The van der Waals surface area contributed by atoms with Gasteiger partial charge in [-0.15, -0.1) is 21.9 Å². The lowest BCUT2D eigenvalue weighted by Gasteiger charge is -2.44. The van der Waals surface area contributed by atoms with Crippen molar-refractivity contribution in [2.45, 2.75) is 13.5 Å². The molecule has 3 nitrogen and oxygen atoms in total. The molecule has 0 aliphatic rings. The first kappa shape index (κ1) is 48.3. The summed E-state index contributed by atoms with van der Waals surface area (Å²) in [7, 11) is 0. The van der Waals surface area contributed by atoms with Crippen molar-refractivity contribution < 1.29 is 97.1 Å². The zero-order valence-electron chi connectivity index (χ0n) is 32.1. The van der Waals surface area contributed by atoms with E-state index in [-0.39, 0.29) is 0 Å². The second-order valence-electron chi connectivity index (χ2n) is 13.8. The minimum Gasteiger partial charge on any atom is -0.434 e. The molecular weight excluding hydrogens is 939 g/mol. The number of hydrogen-bond acceptors (Lipinski definition) is 2. The lowest BCUT2D eigenvalue weighted by molar-refractivity contribution is -0.689. The highest BCUT2D eigenvalue weighted by Crippen LogP contribution is 2.31. The molecule has 0 spiro atoms. The summed E-state index contributed by atoms with van der Waals surface area (Å²) < 4.78 is 302. The first-order valence-corrected chi connectivity index (χ1v) is 17.9. The predicted molar refractivity (Wildman–Crippen MR) is 190 cm³/mol. The van der Waals surface area contributed by atoms with Crippen LogP contribution in [0.15, 0.2) is 73.2 Å². The van der Waals surface area contributed by atoms with Gasteiger partial charge in [-0.2, -0.15) is 4.57 Å². The molecule has 24 heteroatoms. The molecule has 1 heterocycles. The van der Waals surface area contributed by atoms with E-state index in [1.54, 1.807) is 6.20 Å². The van der Waals surface area contributed by atoms with Gasteiger partial charge in [-0.05, 0) is 24.6 Å². The van der Waals surface area contributed by atoms with Crippen LogP contribution in [0.1, 0.15) is 11.1 Å². The molecule has 0 aliphatic heterocycles. The van der Waals surface area contributed by atoms with Crippen molar-refractivity contribution in [3.8, 4) is 11.6 Å². The Bertz CT molecular complexity index is 2680. The first-order chi connectivity index (χ1) is 31.0. The lowest BCUT2D eigenvalue weighted by atomic mass is 9.12. The molecule has 7 rings (SSSR count). The molecule has 66 heavy (non-hydrogen) atoms. The number of aromatic nitrogens is 2. The van der Waals surface area contributed by atoms with Gasteiger partial charge >= 0.3 is 0 Å². The van der Waals surface area contributed by atoms with Crippen molar-refractivity contribution in [3.05, 3.63) is 201 Å². The molecule has 0 bridgehead atoms. The molecule has 344 valence electrons. The SMILES string of the molecule is Cc1cccc(Oc2c[n+](Cc3ccccc3)ccn2)c1.Fc1c(F)c(F)c([B-](c2c(F)c(F)c(F)c(F)c2F)(c2c(F)c(F)c(F)c(F)c2F)c2c(F)c(F)c(F)c(F)c2F)c(F)c1F. The van der Waals surface area contributed by atoms with Gasteiger partial charge in [0.05, 0.1) is 6.20 Å². The van der Waals surface area contributed by atoms with E-state index in [1.807, 2.05) is 61.8 Å². The smallest absolute Gasteiger partial charge is 0.285 e. The summed E-state index contributed by atoms with van der Waals surface area (Å²) >= 11 is 0. The molecule has 0 fully saturated rings. The van der Waals surface area contributed by atoms with Crippen LogP contribution in [0, 0.1) is 123 Å². The van der Waals surface area contributed by atoms with Gasteiger partial charge in [-0.25, -0.2) is 92.8 Å². The van der Waals surface area contributed by atoms with Gasteiger partial charge in [-0.1, -0.05) is 42.5 Å². The van der Waals surface area contributed by atoms with E-state index in [9.17, 15) is 52.7 Å². The third kappa shape index (κ3) is 8.01. The minimum atomic E-state index is -7.22. The maximum atomic E-state index is 15.4. The van der Waals surface area contributed by atoms with Crippen molar-refractivity contribution in [3.63, 3.8) is 0 Å². The summed E-state index contributed by atoms with van der Waals surface area (Å²) in [6.07, 6.45) is -1.61. The Balaban J connectivity index is 0.000000284. The van der Waals surface area contributed by atoms with Crippen LogP contribution in [-0.2, 0) is 6.54 Å². The number of nitrogens with zero attached hydrogens (tertiary/aromatic N) is 2. The average molecular weight is 956 g/mol. The van der Waals surface area contributed by atoms with Gasteiger partial charge in [0, 0.05) is 5.56 Å². The van der Waals surface area contributed by atoms with Gasteiger partial charge in [0.2, 0.25) is 6.20 Å². The molecule has 0 N–H and O–H groups in total. The highest BCUT2D eigenvalue weighted by molar-refractivity contribution is 7.20. The largest absolute Gasteiger partial charge is 0.434 e. The van der Waals surface area contributed by atoms with Gasteiger partial charge in [0.1, 0.15) is 58.4 Å².